The normalized spacial score (nSPS) is 14.0. The number of ether oxygens (including phenoxy) is 1. The quantitative estimate of drug-likeness (QED) is 0.784. The number of hydrogen-bond acceptors (Lipinski definition) is 5. The molecule has 1 aromatic carbocycles. The van der Waals surface area contributed by atoms with Gasteiger partial charge >= 0.3 is 0 Å². The molecule has 0 fully saturated rings. The molecule has 23 heavy (non-hydrogen) atoms. The highest BCUT2D eigenvalue weighted by Crippen LogP contribution is 2.28. The summed E-state index contributed by atoms with van der Waals surface area (Å²) in [4.78, 5) is 6.58. The van der Waals surface area contributed by atoms with Crippen molar-refractivity contribution in [2.24, 2.45) is 0 Å². The number of methoxy groups -OCH3 is 1. The SMILES string of the molecule is CCCN(C)CC(C)(O)CNc1cc(OC)cc2cccnc12. The number of aromatic nitrogens is 1. The molecule has 0 aliphatic carbocycles. The third-order valence-electron chi connectivity index (χ3n) is 3.79. The molecular formula is C18H27N3O2. The second kappa shape index (κ2) is 7.62. The summed E-state index contributed by atoms with van der Waals surface area (Å²) < 4.78 is 5.35. The number of nitrogens with one attached hydrogen (secondary N) is 1. The Hall–Kier alpha value is -1.85. The second-order valence-electron chi connectivity index (χ2n) is 6.34. The van der Waals surface area contributed by atoms with Crippen molar-refractivity contribution in [1.29, 1.82) is 0 Å². The number of rotatable bonds is 8. The van der Waals surface area contributed by atoms with Crippen LogP contribution in [-0.4, -0.2) is 54.4 Å². The lowest BCUT2D eigenvalue weighted by molar-refractivity contribution is 0.0391. The van der Waals surface area contributed by atoms with Crippen LogP contribution in [0.5, 0.6) is 5.75 Å². The van der Waals surface area contributed by atoms with Crippen LogP contribution < -0.4 is 10.1 Å². The molecule has 1 heterocycles. The van der Waals surface area contributed by atoms with E-state index in [4.69, 9.17) is 4.74 Å². The summed E-state index contributed by atoms with van der Waals surface area (Å²) in [5.41, 5.74) is 0.929. The van der Waals surface area contributed by atoms with E-state index < -0.39 is 5.60 Å². The molecule has 5 nitrogen and oxygen atoms in total. The second-order valence-corrected chi connectivity index (χ2v) is 6.34. The topological polar surface area (TPSA) is 57.6 Å². The fraction of sp³-hybridized carbons (Fsp3) is 0.500. The maximum absolute atomic E-state index is 10.6. The molecule has 5 heteroatoms. The van der Waals surface area contributed by atoms with Crippen molar-refractivity contribution in [3.63, 3.8) is 0 Å². The van der Waals surface area contributed by atoms with Gasteiger partial charge in [0.25, 0.3) is 0 Å². The molecule has 0 radical (unpaired) electrons. The van der Waals surface area contributed by atoms with E-state index in [1.807, 2.05) is 38.2 Å². The number of likely N-dealkylation sites (N-methyl/N-ethyl adjacent to an activating group) is 1. The molecule has 2 rings (SSSR count). The molecule has 1 aromatic heterocycles. The van der Waals surface area contributed by atoms with Crippen molar-refractivity contribution in [2.75, 3.05) is 39.1 Å². The fourth-order valence-corrected chi connectivity index (χ4v) is 2.80. The summed E-state index contributed by atoms with van der Waals surface area (Å²) in [6, 6.07) is 7.78. The van der Waals surface area contributed by atoms with Crippen molar-refractivity contribution in [2.45, 2.75) is 25.9 Å². The predicted molar refractivity (Wildman–Crippen MR) is 95.2 cm³/mol. The third kappa shape index (κ3) is 4.81. The van der Waals surface area contributed by atoms with Gasteiger partial charge in [-0.05, 0) is 39.1 Å². The zero-order valence-electron chi connectivity index (χ0n) is 14.5. The third-order valence-corrected chi connectivity index (χ3v) is 3.79. The summed E-state index contributed by atoms with van der Waals surface area (Å²) in [5, 5.41) is 15.0. The number of fused-ring (bicyclic) bond motifs is 1. The summed E-state index contributed by atoms with van der Waals surface area (Å²) in [5.74, 6) is 0.774. The van der Waals surface area contributed by atoms with Crippen LogP contribution in [0.4, 0.5) is 5.69 Å². The number of aliphatic hydroxyl groups is 1. The van der Waals surface area contributed by atoms with E-state index in [1.165, 1.54) is 0 Å². The minimum Gasteiger partial charge on any atom is -0.497 e. The van der Waals surface area contributed by atoms with Gasteiger partial charge in [0.15, 0.2) is 0 Å². The monoisotopic (exact) mass is 317 g/mol. The molecule has 0 bridgehead atoms. The van der Waals surface area contributed by atoms with Gasteiger partial charge in [0, 0.05) is 30.7 Å². The number of benzene rings is 1. The van der Waals surface area contributed by atoms with Gasteiger partial charge in [-0.1, -0.05) is 13.0 Å². The number of pyridine rings is 1. The average molecular weight is 317 g/mol. The van der Waals surface area contributed by atoms with Crippen LogP contribution in [0.1, 0.15) is 20.3 Å². The Morgan fingerprint density at radius 2 is 2.17 bits per heavy atom. The highest BCUT2D eigenvalue weighted by Gasteiger charge is 2.22. The van der Waals surface area contributed by atoms with Crippen LogP contribution in [0.2, 0.25) is 0 Å². The minimum atomic E-state index is -0.825. The first-order valence-electron chi connectivity index (χ1n) is 8.03. The molecule has 126 valence electrons. The van der Waals surface area contributed by atoms with Crippen LogP contribution in [-0.2, 0) is 0 Å². The summed E-state index contributed by atoms with van der Waals surface area (Å²) >= 11 is 0. The van der Waals surface area contributed by atoms with Gasteiger partial charge < -0.3 is 20.1 Å². The first-order valence-corrected chi connectivity index (χ1v) is 8.03. The number of hydrogen-bond donors (Lipinski definition) is 2. The lowest BCUT2D eigenvalue weighted by Gasteiger charge is -2.29. The first kappa shape index (κ1) is 17.5. The zero-order chi connectivity index (χ0) is 16.9. The van der Waals surface area contributed by atoms with E-state index in [2.05, 4.69) is 22.1 Å². The molecule has 0 amide bonds. The van der Waals surface area contributed by atoms with Gasteiger partial charge in [-0.25, -0.2) is 0 Å². The maximum Gasteiger partial charge on any atom is 0.121 e. The molecule has 0 aliphatic rings. The lowest BCUT2D eigenvalue weighted by Crippen LogP contribution is -2.44. The zero-order valence-corrected chi connectivity index (χ0v) is 14.5. The molecule has 0 spiro atoms. The molecule has 2 aromatic rings. The summed E-state index contributed by atoms with van der Waals surface area (Å²) in [7, 11) is 3.68. The first-order chi connectivity index (χ1) is 10.9. The van der Waals surface area contributed by atoms with Crippen LogP contribution in [0.3, 0.4) is 0 Å². The van der Waals surface area contributed by atoms with E-state index in [0.29, 0.717) is 13.1 Å². The Morgan fingerprint density at radius 3 is 2.87 bits per heavy atom. The predicted octanol–water partition coefficient (Wildman–Crippen LogP) is 2.75. The Balaban J connectivity index is 2.15. The van der Waals surface area contributed by atoms with Crippen LogP contribution in [0.15, 0.2) is 30.5 Å². The number of nitrogens with zero attached hydrogens (tertiary/aromatic N) is 2. The maximum atomic E-state index is 10.6. The van der Waals surface area contributed by atoms with Gasteiger partial charge in [-0.3, -0.25) is 4.98 Å². The minimum absolute atomic E-state index is 0.444. The van der Waals surface area contributed by atoms with Gasteiger partial charge in [-0.2, -0.15) is 0 Å². The van der Waals surface area contributed by atoms with Gasteiger partial charge in [0.05, 0.1) is 23.9 Å². The van der Waals surface area contributed by atoms with Crippen molar-refractivity contribution >= 4 is 16.6 Å². The molecule has 2 N–H and O–H groups in total. The van der Waals surface area contributed by atoms with Gasteiger partial charge in [0.2, 0.25) is 0 Å². The van der Waals surface area contributed by atoms with Crippen LogP contribution >= 0.6 is 0 Å². The smallest absolute Gasteiger partial charge is 0.121 e. The van der Waals surface area contributed by atoms with Crippen molar-refractivity contribution < 1.29 is 9.84 Å². The van der Waals surface area contributed by atoms with Gasteiger partial charge in [0.1, 0.15) is 5.75 Å². The Bertz CT molecular complexity index is 643. The molecular weight excluding hydrogens is 290 g/mol. The van der Waals surface area contributed by atoms with Crippen molar-refractivity contribution in [3.8, 4) is 5.75 Å². The van der Waals surface area contributed by atoms with E-state index >= 15 is 0 Å². The molecule has 1 unspecified atom stereocenters. The Labute approximate surface area is 138 Å². The van der Waals surface area contributed by atoms with Crippen LogP contribution in [0.25, 0.3) is 10.9 Å². The molecule has 0 aliphatic heterocycles. The molecule has 0 saturated carbocycles. The largest absolute Gasteiger partial charge is 0.497 e. The van der Waals surface area contributed by atoms with Gasteiger partial charge in [-0.15, -0.1) is 0 Å². The highest BCUT2D eigenvalue weighted by molar-refractivity contribution is 5.91. The average Bonchev–Trinajstić information content (AvgIpc) is 2.52. The molecule has 1 atom stereocenters. The Kier molecular flexibility index (Phi) is 5.80. The van der Waals surface area contributed by atoms with Crippen LogP contribution in [0, 0.1) is 0 Å². The van der Waals surface area contributed by atoms with E-state index in [-0.39, 0.29) is 0 Å². The van der Waals surface area contributed by atoms with Crippen molar-refractivity contribution in [3.05, 3.63) is 30.5 Å². The fourth-order valence-electron chi connectivity index (χ4n) is 2.80. The lowest BCUT2D eigenvalue weighted by atomic mass is 10.1. The molecule has 0 saturated heterocycles. The van der Waals surface area contributed by atoms with Crippen molar-refractivity contribution in [1.82, 2.24) is 9.88 Å². The standard InChI is InChI=1S/C18H27N3O2/c1-5-9-21(3)13-18(2,22)12-20-16-11-15(23-4)10-14-7-6-8-19-17(14)16/h6-8,10-11,20,22H,5,9,12-13H2,1-4H3. The summed E-state index contributed by atoms with van der Waals surface area (Å²) in [6.07, 6.45) is 2.84. The van der Waals surface area contributed by atoms with E-state index in [0.717, 1.165) is 35.3 Å². The highest BCUT2D eigenvalue weighted by atomic mass is 16.5. The number of anilines is 1. The Morgan fingerprint density at radius 1 is 1.39 bits per heavy atom. The van der Waals surface area contributed by atoms with E-state index in [1.54, 1.807) is 13.3 Å². The van der Waals surface area contributed by atoms with E-state index in [9.17, 15) is 5.11 Å². The summed E-state index contributed by atoms with van der Waals surface area (Å²) in [6.45, 7) is 6.02.